The van der Waals surface area contributed by atoms with Crippen molar-refractivity contribution in [2.75, 3.05) is 26.3 Å². The van der Waals surface area contributed by atoms with Crippen molar-refractivity contribution in [2.45, 2.75) is 26.2 Å². The molecule has 2 heterocycles. The van der Waals surface area contributed by atoms with E-state index in [2.05, 4.69) is 17.1 Å². The van der Waals surface area contributed by atoms with Crippen LogP contribution in [0.4, 0.5) is 0 Å². The molecule has 0 saturated carbocycles. The maximum atomic E-state index is 11.8. The van der Waals surface area contributed by atoms with E-state index in [1.54, 1.807) is 0 Å². The lowest BCUT2D eigenvalue weighted by molar-refractivity contribution is -0.137. The fourth-order valence-electron chi connectivity index (χ4n) is 2.52. The second-order valence-corrected chi connectivity index (χ2v) is 5.02. The molecule has 0 atom stereocenters. The van der Waals surface area contributed by atoms with Crippen molar-refractivity contribution in [1.29, 1.82) is 0 Å². The molecule has 4 heteroatoms. The summed E-state index contributed by atoms with van der Waals surface area (Å²) in [6.07, 6.45) is 6.95. The second-order valence-electron chi connectivity index (χ2n) is 5.02. The molecule has 1 aromatic rings. The minimum absolute atomic E-state index is 0.129. The van der Waals surface area contributed by atoms with Crippen LogP contribution in [0, 0.1) is 5.92 Å². The Morgan fingerprint density at radius 1 is 1.37 bits per heavy atom. The molecule has 0 bridgehead atoms. The molecular formula is C15H22N2O2. The first kappa shape index (κ1) is 14.0. The lowest BCUT2D eigenvalue weighted by Crippen LogP contribution is -2.40. The molecule has 104 valence electrons. The first-order valence-corrected chi connectivity index (χ1v) is 7.04. The van der Waals surface area contributed by atoms with E-state index >= 15 is 0 Å². The van der Waals surface area contributed by atoms with Gasteiger partial charge in [0.1, 0.15) is 6.61 Å². The van der Waals surface area contributed by atoms with E-state index in [1.165, 1.54) is 5.56 Å². The van der Waals surface area contributed by atoms with Crippen LogP contribution in [0.15, 0.2) is 24.5 Å². The van der Waals surface area contributed by atoms with E-state index < -0.39 is 0 Å². The SMILES string of the molecule is CCOCC(=O)N1CCC(Cc2ccncc2)CC1. The fourth-order valence-corrected chi connectivity index (χ4v) is 2.52. The van der Waals surface area contributed by atoms with Gasteiger partial charge >= 0.3 is 0 Å². The van der Waals surface area contributed by atoms with Gasteiger partial charge in [0.15, 0.2) is 0 Å². The summed E-state index contributed by atoms with van der Waals surface area (Å²) in [6, 6.07) is 4.15. The molecule has 0 aliphatic carbocycles. The zero-order valence-corrected chi connectivity index (χ0v) is 11.5. The zero-order chi connectivity index (χ0) is 13.5. The maximum absolute atomic E-state index is 11.8. The largest absolute Gasteiger partial charge is 0.372 e. The van der Waals surface area contributed by atoms with Crippen LogP contribution >= 0.6 is 0 Å². The Morgan fingerprint density at radius 3 is 2.68 bits per heavy atom. The molecule has 0 unspecified atom stereocenters. The van der Waals surface area contributed by atoms with Crippen LogP contribution in [0.5, 0.6) is 0 Å². The quantitative estimate of drug-likeness (QED) is 0.814. The third kappa shape index (κ3) is 4.31. The summed E-state index contributed by atoms with van der Waals surface area (Å²) in [4.78, 5) is 17.8. The monoisotopic (exact) mass is 262 g/mol. The van der Waals surface area contributed by atoms with E-state index in [1.807, 2.05) is 24.2 Å². The molecule has 0 spiro atoms. The molecule has 0 aromatic carbocycles. The van der Waals surface area contributed by atoms with Crippen molar-refractivity contribution in [3.63, 3.8) is 0 Å². The van der Waals surface area contributed by atoms with E-state index in [4.69, 9.17) is 4.74 Å². The van der Waals surface area contributed by atoms with Gasteiger partial charge in [0.25, 0.3) is 0 Å². The van der Waals surface area contributed by atoms with Gasteiger partial charge in [-0.25, -0.2) is 0 Å². The number of piperidine rings is 1. The van der Waals surface area contributed by atoms with Gasteiger partial charge in [-0.3, -0.25) is 9.78 Å². The molecule has 1 fully saturated rings. The number of likely N-dealkylation sites (tertiary alicyclic amines) is 1. The third-order valence-electron chi connectivity index (χ3n) is 3.67. The highest BCUT2D eigenvalue weighted by Gasteiger charge is 2.22. The van der Waals surface area contributed by atoms with E-state index in [-0.39, 0.29) is 12.5 Å². The van der Waals surface area contributed by atoms with E-state index in [0.29, 0.717) is 12.5 Å². The zero-order valence-electron chi connectivity index (χ0n) is 11.5. The van der Waals surface area contributed by atoms with E-state index in [9.17, 15) is 4.79 Å². The van der Waals surface area contributed by atoms with Gasteiger partial charge in [0, 0.05) is 32.1 Å². The summed E-state index contributed by atoms with van der Waals surface area (Å²) in [5.74, 6) is 0.808. The standard InChI is InChI=1S/C15H22N2O2/c1-2-19-12-15(18)17-9-5-14(6-10-17)11-13-3-7-16-8-4-13/h3-4,7-8,14H,2,5-6,9-12H2,1H3. The van der Waals surface area contributed by atoms with Crippen molar-refractivity contribution in [1.82, 2.24) is 9.88 Å². The van der Waals surface area contributed by atoms with Crippen molar-refractivity contribution < 1.29 is 9.53 Å². The minimum atomic E-state index is 0.129. The molecule has 4 nitrogen and oxygen atoms in total. The Balaban J connectivity index is 1.75. The maximum Gasteiger partial charge on any atom is 0.248 e. The van der Waals surface area contributed by atoms with Crippen LogP contribution in [0.2, 0.25) is 0 Å². The van der Waals surface area contributed by atoms with Crippen molar-refractivity contribution in [3.05, 3.63) is 30.1 Å². The highest BCUT2D eigenvalue weighted by Crippen LogP contribution is 2.21. The number of rotatable bonds is 5. The van der Waals surface area contributed by atoms with Crippen LogP contribution < -0.4 is 0 Å². The predicted octanol–water partition coefficient (Wildman–Crippen LogP) is 1.90. The smallest absolute Gasteiger partial charge is 0.248 e. The summed E-state index contributed by atoms with van der Waals surface area (Å²) in [7, 11) is 0. The van der Waals surface area contributed by atoms with Gasteiger partial charge < -0.3 is 9.64 Å². The Morgan fingerprint density at radius 2 is 2.05 bits per heavy atom. The highest BCUT2D eigenvalue weighted by molar-refractivity contribution is 5.77. The van der Waals surface area contributed by atoms with Gasteiger partial charge in [-0.1, -0.05) is 0 Å². The van der Waals surface area contributed by atoms with Crippen LogP contribution in [0.3, 0.4) is 0 Å². The van der Waals surface area contributed by atoms with Crippen molar-refractivity contribution in [2.24, 2.45) is 5.92 Å². The van der Waals surface area contributed by atoms with Crippen LogP contribution in [0.25, 0.3) is 0 Å². The topological polar surface area (TPSA) is 42.4 Å². The Hall–Kier alpha value is -1.42. The average molecular weight is 262 g/mol. The fraction of sp³-hybridized carbons (Fsp3) is 0.600. The Bertz CT molecular complexity index is 386. The van der Waals surface area contributed by atoms with Crippen molar-refractivity contribution in [3.8, 4) is 0 Å². The van der Waals surface area contributed by atoms with Crippen LogP contribution in [-0.4, -0.2) is 42.1 Å². The first-order chi connectivity index (χ1) is 9.29. The molecule has 2 rings (SSSR count). The molecule has 0 N–H and O–H groups in total. The summed E-state index contributed by atoms with van der Waals surface area (Å²) < 4.78 is 5.17. The summed E-state index contributed by atoms with van der Waals surface area (Å²) in [6.45, 7) is 4.47. The molecule has 1 aliphatic heterocycles. The van der Waals surface area contributed by atoms with Crippen LogP contribution in [0.1, 0.15) is 25.3 Å². The Kier molecular flexibility index (Phi) is 5.33. The number of pyridine rings is 1. The van der Waals surface area contributed by atoms with E-state index in [0.717, 1.165) is 32.4 Å². The lowest BCUT2D eigenvalue weighted by Gasteiger charge is -2.32. The number of carbonyl (C=O) groups is 1. The number of amides is 1. The number of carbonyl (C=O) groups excluding carboxylic acids is 1. The van der Waals surface area contributed by atoms with Crippen LogP contribution in [-0.2, 0) is 16.0 Å². The van der Waals surface area contributed by atoms with Gasteiger partial charge in [0.05, 0.1) is 0 Å². The molecule has 1 aromatic heterocycles. The normalized spacial score (nSPS) is 16.6. The molecule has 1 saturated heterocycles. The number of ether oxygens (including phenoxy) is 1. The first-order valence-electron chi connectivity index (χ1n) is 7.04. The van der Waals surface area contributed by atoms with Crippen molar-refractivity contribution >= 4 is 5.91 Å². The number of aromatic nitrogens is 1. The Labute approximate surface area is 114 Å². The number of hydrogen-bond donors (Lipinski definition) is 0. The summed E-state index contributed by atoms with van der Waals surface area (Å²) in [5, 5.41) is 0. The molecular weight excluding hydrogens is 240 g/mol. The third-order valence-corrected chi connectivity index (χ3v) is 3.67. The predicted molar refractivity (Wildman–Crippen MR) is 73.7 cm³/mol. The van der Waals surface area contributed by atoms with Gasteiger partial charge in [0.2, 0.25) is 5.91 Å². The number of hydrogen-bond acceptors (Lipinski definition) is 3. The molecule has 0 radical (unpaired) electrons. The number of nitrogens with zero attached hydrogens (tertiary/aromatic N) is 2. The summed E-state index contributed by atoms with van der Waals surface area (Å²) >= 11 is 0. The second kappa shape index (κ2) is 7.24. The highest BCUT2D eigenvalue weighted by atomic mass is 16.5. The minimum Gasteiger partial charge on any atom is -0.372 e. The molecule has 1 aliphatic rings. The molecule has 19 heavy (non-hydrogen) atoms. The van der Waals surface area contributed by atoms with Gasteiger partial charge in [-0.15, -0.1) is 0 Å². The lowest BCUT2D eigenvalue weighted by atomic mass is 9.90. The average Bonchev–Trinajstić information content (AvgIpc) is 2.46. The molecule has 1 amide bonds. The summed E-state index contributed by atoms with van der Waals surface area (Å²) in [5.41, 5.74) is 1.34. The van der Waals surface area contributed by atoms with Gasteiger partial charge in [-0.2, -0.15) is 0 Å². The van der Waals surface area contributed by atoms with Gasteiger partial charge in [-0.05, 0) is 49.8 Å².